The predicted octanol–water partition coefficient (Wildman–Crippen LogP) is 3.89. The number of amides is 1. The fourth-order valence-corrected chi connectivity index (χ4v) is 2.70. The number of carbonyl (C=O) groups excluding carboxylic acids is 1. The second-order valence-electron chi connectivity index (χ2n) is 5.81. The molecular weight excluding hydrogens is 368 g/mol. The van der Waals surface area contributed by atoms with Crippen LogP contribution in [0.4, 0.5) is 0 Å². The van der Waals surface area contributed by atoms with Gasteiger partial charge in [-0.15, -0.1) is 0 Å². The second-order valence-corrected chi connectivity index (χ2v) is 6.24. The highest BCUT2D eigenvalue weighted by Gasteiger charge is 2.26. The minimum atomic E-state index is -0.765. The van der Waals surface area contributed by atoms with Gasteiger partial charge in [0.05, 0.1) is 6.21 Å². The molecule has 3 aromatic rings. The molecule has 4 rings (SSSR count). The Bertz CT molecular complexity index is 982. The molecule has 0 radical (unpaired) electrons. The monoisotopic (exact) mass is 382 g/mol. The second kappa shape index (κ2) is 7.55. The van der Waals surface area contributed by atoms with Crippen molar-refractivity contribution in [2.24, 2.45) is 5.10 Å². The zero-order valence-electron chi connectivity index (χ0n) is 14.1. The van der Waals surface area contributed by atoms with Gasteiger partial charge < -0.3 is 13.9 Å². The molecule has 0 aliphatic carbocycles. The Hall–Kier alpha value is -3.25. The van der Waals surface area contributed by atoms with E-state index in [0.29, 0.717) is 28.0 Å². The number of carbonyl (C=O) groups is 1. The number of benzene rings is 2. The first-order chi connectivity index (χ1) is 13.2. The Morgan fingerprint density at radius 3 is 2.67 bits per heavy atom. The maximum atomic E-state index is 12.2. The summed E-state index contributed by atoms with van der Waals surface area (Å²) in [6.07, 6.45) is 0.660. The summed E-state index contributed by atoms with van der Waals surface area (Å²) >= 11 is 5.88. The first-order valence-corrected chi connectivity index (χ1v) is 8.64. The average molecular weight is 383 g/mol. The van der Waals surface area contributed by atoms with Gasteiger partial charge in [0, 0.05) is 10.6 Å². The van der Waals surface area contributed by atoms with Crippen molar-refractivity contribution in [3.8, 4) is 22.8 Å². The lowest BCUT2D eigenvalue weighted by atomic mass is 10.2. The molecule has 0 fully saturated rings. The zero-order valence-corrected chi connectivity index (χ0v) is 14.8. The van der Waals surface area contributed by atoms with Crippen molar-refractivity contribution in [2.75, 3.05) is 6.61 Å². The highest BCUT2D eigenvalue weighted by molar-refractivity contribution is 6.30. The fraction of sp³-hybridized carbons (Fsp3) is 0.100. The number of furan rings is 1. The Labute approximate surface area is 160 Å². The molecular formula is C20H15ClN2O4. The van der Waals surface area contributed by atoms with Gasteiger partial charge in [0.25, 0.3) is 5.91 Å². The zero-order chi connectivity index (χ0) is 18.6. The number of hydrazone groups is 1. The van der Waals surface area contributed by atoms with Crippen molar-refractivity contribution in [3.63, 3.8) is 0 Å². The highest BCUT2D eigenvalue weighted by atomic mass is 35.5. The molecule has 1 N–H and O–H groups in total. The van der Waals surface area contributed by atoms with Crippen LogP contribution >= 0.6 is 11.6 Å². The van der Waals surface area contributed by atoms with Gasteiger partial charge in [-0.2, -0.15) is 5.10 Å². The SMILES string of the molecule is O=C(NN=Cc1ccc(-c2ccc(Cl)cc2)o1)[C@H]1COc2ccccc2O1. The average Bonchev–Trinajstić information content (AvgIpc) is 3.17. The number of hydrogen-bond donors (Lipinski definition) is 1. The molecule has 1 amide bonds. The molecule has 0 saturated carbocycles. The van der Waals surface area contributed by atoms with E-state index in [1.807, 2.05) is 30.3 Å². The molecule has 6 nitrogen and oxygen atoms in total. The maximum absolute atomic E-state index is 12.2. The number of hydrogen-bond acceptors (Lipinski definition) is 5. The van der Waals surface area contributed by atoms with Crippen LogP contribution in [0.1, 0.15) is 5.76 Å². The molecule has 0 saturated heterocycles. The van der Waals surface area contributed by atoms with Crippen LogP contribution < -0.4 is 14.9 Å². The number of nitrogens with zero attached hydrogens (tertiary/aromatic N) is 1. The van der Waals surface area contributed by atoms with E-state index in [-0.39, 0.29) is 6.61 Å². The van der Waals surface area contributed by atoms with Crippen LogP contribution in [0, 0.1) is 0 Å². The third kappa shape index (κ3) is 3.96. The van der Waals surface area contributed by atoms with Gasteiger partial charge in [-0.3, -0.25) is 4.79 Å². The summed E-state index contributed by atoms with van der Waals surface area (Å²) in [4.78, 5) is 12.2. The largest absolute Gasteiger partial charge is 0.485 e. The van der Waals surface area contributed by atoms with E-state index in [1.54, 1.807) is 30.3 Å². The molecule has 7 heteroatoms. The topological polar surface area (TPSA) is 73.1 Å². The van der Waals surface area contributed by atoms with E-state index in [0.717, 1.165) is 5.56 Å². The molecule has 27 heavy (non-hydrogen) atoms. The molecule has 2 aromatic carbocycles. The van der Waals surface area contributed by atoms with Crippen molar-refractivity contribution in [2.45, 2.75) is 6.10 Å². The van der Waals surface area contributed by atoms with E-state index in [9.17, 15) is 4.79 Å². The van der Waals surface area contributed by atoms with Gasteiger partial charge in [0.15, 0.2) is 11.5 Å². The molecule has 0 unspecified atom stereocenters. The van der Waals surface area contributed by atoms with Gasteiger partial charge in [-0.1, -0.05) is 23.7 Å². The Morgan fingerprint density at radius 2 is 1.85 bits per heavy atom. The Balaban J connectivity index is 1.36. The van der Waals surface area contributed by atoms with Gasteiger partial charge >= 0.3 is 0 Å². The van der Waals surface area contributed by atoms with Crippen molar-refractivity contribution in [1.29, 1.82) is 0 Å². The first-order valence-electron chi connectivity index (χ1n) is 8.26. The van der Waals surface area contributed by atoms with Crippen molar-refractivity contribution in [3.05, 3.63) is 71.4 Å². The quantitative estimate of drug-likeness (QED) is 0.548. The van der Waals surface area contributed by atoms with E-state index >= 15 is 0 Å². The minimum absolute atomic E-state index is 0.125. The van der Waals surface area contributed by atoms with Crippen molar-refractivity contribution >= 4 is 23.7 Å². The summed E-state index contributed by atoms with van der Waals surface area (Å²) in [5.74, 6) is 1.94. The molecule has 136 valence electrons. The smallest absolute Gasteiger partial charge is 0.284 e. The summed E-state index contributed by atoms with van der Waals surface area (Å²) < 4.78 is 16.8. The maximum Gasteiger partial charge on any atom is 0.284 e. The van der Waals surface area contributed by atoms with Gasteiger partial charge in [-0.05, 0) is 48.5 Å². The summed E-state index contributed by atoms with van der Waals surface area (Å²) in [5.41, 5.74) is 3.33. The van der Waals surface area contributed by atoms with Gasteiger partial charge in [-0.25, -0.2) is 5.43 Å². The van der Waals surface area contributed by atoms with E-state index < -0.39 is 12.0 Å². The molecule has 1 aromatic heterocycles. The van der Waals surface area contributed by atoms with Gasteiger partial charge in [0.1, 0.15) is 18.1 Å². The number of ether oxygens (including phenoxy) is 2. The summed E-state index contributed by atoms with van der Waals surface area (Å²) in [7, 11) is 0. The lowest BCUT2D eigenvalue weighted by Crippen LogP contribution is -2.42. The molecule has 2 heterocycles. The predicted molar refractivity (Wildman–Crippen MR) is 101 cm³/mol. The third-order valence-corrected chi connectivity index (χ3v) is 4.18. The number of nitrogens with one attached hydrogen (secondary N) is 1. The van der Waals surface area contributed by atoms with Crippen LogP contribution in [-0.4, -0.2) is 24.8 Å². The summed E-state index contributed by atoms with van der Waals surface area (Å²) in [5, 5.41) is 4.58. The van der Waals surface area contributed by atoms with Gasteiger partial charge in [0.2, 0.25) is 6.10 Å². The molecule has 0 spiro atoms. The van der Waals surface area contributed by atoms with Crippen LogP contribution in [0.3, 0.4) is 0 Å². The lowest BCUT2D eigenvalue weighted by molar-refractivity contribution is -0.130. The summed E-state index contributed by atoms with van der Waals surface area (Å²) in [6.45, 7) is 0.125. The van der Waals surface area contributed by atoms with Crippen LogP contribution in [0.5, 0.6) is 11.5 Å². The summed E-state index contributed by atoms with van der Waals surface area (Å²) in [6, 6.07) is 18.1. The van der Waals surface area contributed by atoms with E-state index in [2.05, 4.69) is 10.5 Å². The van der Waals surface area contributed by atoms with Crippen molar-refractivity contribution < 1.29 is 18.7 Å². The Morgan fingerprint density at radius 1 is 1.07 bits per heavy atom. The minimum Gasteiger partial charge on any atom is -0.485 e. The number of rotatable bonds is 4. The standard InChI is InChI=1S/C20H15ClN2O4/c21-14-7-5-13(6-8-14)16-10-9-15(26-16)11-22-23-20(24)19-12-25-17-3-1-2-4-18(17)27-19/h1-11,19H,12H2,(H,23,24)/t19-/m1/s1. The molecule has 1 aliphatic rings. The van der Waals surface area contributed by atoms with Crippen LogP contribution in [0.15, 0.2) is 70.2 Å². The van der Waals surface area contributed by atoms with Crippen LogP contribution in [-0.2, 0) is 4.79 Å². The first kappa shape index (κ1) is 17.2. The lowest BCUT2D eigenvalue weighted by Gasteiger charge is -2.24. The van der Waals surface area contributed by atoms with E-state index in [1.165, 1.54) is 6.21 Å². The van der Waals surface area contributed by atoms with Crippen LogP contribution in [0.25, 0.3) is 11.3 Å². The molecule has 1 aliphatic heterocycles. The molecule has 1 atom stereocenters. The van der Waals surface area contributed by atoms with Crippen molar-refractivity contribution in [1.82, 2.24) is 5.43 Å². The van der Waals surface area contributed by atoms with Crippen LogP contribution in [0.2, 0.25) is 5.02 Å². The number of fused-ring (bicyclic) bond motifs is 1. The number of para-hydroxylation sites is 2. The highest BCUT2D eigenvalue weighted by Crippen LogP contribution is 2.30. The third-order valence-electron chi connectivity index (χ3n) is 3.92. The normalized spacial score (nSPS) is 15.7. The number of halogens is 1. The Kier molecular flexibility index (Phi) is 4.80. The van der Waals surface area contributed by atoms with E-state index in [4.69, 9.17) is 25.5 Å². The fourth-order valence-electron chi connectivity index (χ4n) is 2.57. The molecule has 0 bridgehead atoms.